The number of hydrogen-bond donors (Lipinski definition) is 2. The summed E-state index contributed by atoms with van der Waals surface area (Å²) in [7, 11) is 3.92. The number of hydrogen-bond acceptors (Lipinski definition) is 4. The number of likely N-dealkylation sites (N-methyl/N-ethyl adjacent to an activating group) is 1. The Bertz CT molecular complexity index is 443. The van der Waals surface area contributed by atoms with Crippen LogP contribution in [0.25, 0.3) is 0 Å². The van der Waals surface area contributed by atoms with E-state index in [0.717, 1.165) is 12.1 Å². The van der Waals surface area contributed by atoms with Crippen molar-refractivity contribution in [2.24, 2.45) is 0 Å². The van der Waals surface area contributed by atoms with E-state index in [1.807, 2.05) is 30.4 Å². The molecule has 0 atom stereocenters. The topological polar surface area (TPSA) is 52.6 Å². The molecule has 2 N–H and O–H groups in total. The highest BCUT2D eigenvalue weighted by Crippen LogP contribution is 2.15. The molecule has 0 bridgehead atoms. The van der Waals surface area contributed by atoms with E-state index < -0.39 is 0 Å². The van der Waals surface area contributed by atoms with Crippen molar-refractivity contribution in [3.05, 3.63) is 21.9 Å². The van der Waals surface area contributed by atoms with Crippen LogP contribution in [0.5, 0.6) is 0 Å². The van der Waals surface area contributed by atoms with E-state index >= 15 is 0 Å². The zero-order valence-electron chi connectivity index (χ0n) is 10.7. The van der Waals surface area contributed by atoms with Crippen molar-refractivity contribution in [3.8, 4) is 11.8 Å². The van der Waals surface area contributed by atoms with Gasteiger partial charge in [-0.25, -0.2) is 0 Å². The standard InChI is InChI=1S/C13H18N2O2S/c1-15(2)8-7-14-13(17)12-11(6-10-18-12)5-3-4-9-16/h6,10,16H,4,7-9H2,1-2H3,(H,14,17). The van der Waals surface area contributed by atoms with E-state index in [-0.39, 0.29) is 12.5 Å². The quantitative estimate of drug-likeness (QED) is 0.774. The molecule has 0 aliphatic carbocycles. The molecule has 0 saturated carbocycles. The number of rotatable bonds is 5. The number of nitrogens with zero attached hydrogens (tertiary/aromatic N) is 1. The van der Waals surface area contributed by atoms with Crippen molar-refractivity contribution in [1.82, 2.24) is 10.2 Å². The van der Waals surface area contributed by atoms with Gasteiger partial charge in [0.1, 0.15) is 4.88 Å². The molecule has 0 unspecified atom stereocenters. The molecule has 0 spiro atoms. The highest BCUT2D eigenvalue weighted by atomic mass is 32.1. The highest BCUT2D eigenvalue weighted by molar-refractivity contribution is 7.12. The number of carbonyl (C=O) groups excluding carboxylic acids is 1. The number of nitrogens with one attached hydrogen (secondary N) is 1. The fourth-order valence-electron chi connectivity index (χ4n) is 1.27. The molecule has 0 saturated heterocycles. The van der Waals surface area contributed by atoms with Gasteiger partial charge in [0, 0.05) is 25.1 Å². The van der Waals surface area contributed by atoms with Gasteiger partial charge in [0.25, 0.3) is 5.91 Å². The lowest BCUT2D eigenvalue weighted by Crippen LogP contribution is -2.31. The van der Waals surface area contributed by atoms with E-state index in [0.29, 0.717) is 17.8 Å². The van der Waals surface area contributed by atoms with Crippen LogP contribution in [0.1, 0.15) is 21.7 Å². The molecule has 5 heteroatoms. The molecule has 98 valence electrons. The molecule has 0 fully saturated rings. The van der Waals surface area contributed by atoms with Gasteiger partial charge in [0.15, 0.2) is 0 Å². The normalized spacial score (nSPS) is 10.0. The third-order valence-electron chi connectivity index (χ3n) is 2.18. The van der Waals surface area contributed by atoms with Gasteiger partial charge in [-0.2, -0.15) is 0 Å². The summed E-state index contributed by atoms with van der Waals surface area (Å²) in [6.07, 6.45) is 0.428. The van der Waals surface area contributed by atoms with Crippen LogP contribution in [0.4, 0.5) is 0 Å². The smallest absolute Gasteiger partial charge is 0.262 e. The molecule has 1 aromatic rings. The number of carbonyl (C=O) groups is 1. The summed E-state index contributed by atoms with van der Waals surface area (Å²) in [5.41, 5.74) is 0.732. The third kappa shape index (κ3) is 4.88. The Morgan fingerprint density at radius 2 is 2.33 bits per heavy atom. The fourth-order valence-corrected chi connectivity index (χ4v) is 2.04. The molecule has 0 aliphatic heterocycles. The van der Waals surface area contributed by atoms with Gasteiger partial charge in [-0.15, -0.1) is 11.3 Å². The fraction of sp³-hybridized carbons (Fsp3) is 0.462. The minimum absolute atomic E-state index is 0.0432. The first-order chi connectivity index (χ1) is 8.65. The van der Waals surface area contributed by atoms with Crippen molar-refractivity contribution in [2.45, 2.75) is 6.42 Å². The monoisotopic (exact) mass is 266 g/mol. The first-order valence-corrected chi connectivity index (χ1v) is 6.63. The largest absolute Gasteiger partial charge is 0.395 e. The minimum Gasteiger partial charge on any atom is -0.395 e. The molecule has 1 heterocycles. The number of amides is 1. The van der Waals surface area contributed by atoms with Crippen LogP contribution in [0.3, 0.4) is 0 Å². The van der Waals surface area contributed by atoms with E-state index in [1.165, 1.54) is 11.3 Å². The maximum atomic E-state index is 11.9. The second kappa shape index (κ2) is 7.88. The van der Waals surface area contributed by atoms with Crippen LogP contribution in [0.2, 0.25) is 0 Å². The van der Waals surface area contributed by atoms with Gasteiger partial charge >= 0.3 is 0 Å². The van der Waals surface area contributed by atoms with Crippen LogP contribution in [-0.4, -0.2) is 49.7 Å². The van der Waals surface area contributed by atoms with E-state index in [9.17, 15) is 4.79 Å². The van der Waals surface area contributed by atoms with Crippen molar-refractivity contribution >= 4 is 17.2 Å². The van der Waals surface area contributed by atoms with Crippen LogP contribution in [0.15, 0.2) is 11.4 Å². The SMILES string of the molecule is CN(C)CCNC(=O)c1sccc1C#CCCO. The summed E-state index contributed by atoms with van der Waals surface area (Å²) in [5, 5.41) is 13.4. The lowest BCUT2D eigenvalue weighted by molar-refractivity contribution is 0.0955. The molecule has 0 aromatic carbocycles. The first-order valence-electron chi connectivity index (χ1n) is 5.75. The van der Waals surface area contributed by atoms with Crippen LogP contribution in [-0.2, 0) is 0 Å². The molecule has 18 heavy (non-hydrogen) atoms. The van der Waals surface area contributed by atoms with Crippen LogP contribution < -0.4 is 5.32 Å². The third-order valence-corrected chi connectivity index (χ3v) is 3.09. The van der Waals surface area contributed by atoms with Gasteiger partial charge in [0.05, 0.1) is 6.61 Å². The summed E-state index contributed by atoms with van der Waals surface area (Å²) in [4.78, 5) is 14.6. The summed E-state index contributed by atoms with van der Waals surface area (Å²) in [6, 6.07) is 1.83. The highest BCUT2D eigenvalue weighted by Gasteiger charge is 2.11. The van der Waals surface area contributed by atoms with Crippen LogP contribution >= 0.6 is 11.3 Å². The molecule has 1 aromatic heterocycles. The Kier molecular flexibility index (Phi) is 6.44. The van der Waals surface area contributed by atoms with Crippen molar-refractivity contribution in [2.75, 3.05) is 33.8 Å². The average Bonchev–Trinajstić information content (AvgIpc) is 2.77. The van der Waals surface area contributed by atoms with E-state index in [1.54, 1.807) is 0 Å². The Morgan fingerprint density at radius 3 is 3.00 bits per heavy atom. The minimum atomic E-state index is -0.0832. The van der Waals surface area contributed by atoms with Gasteiger partial charge in [-0.1, -0.05) is 11.8 Å². The maximum Gasteiger partial charge on any atom is 0.262 e. The molecule has 0 radical (unpaired) electrons. The molecule has 1 amide bonds. The lowest BCUT2D eigenvalue weighted by Gasteiger charge is -2.09. The van der Waals surface area contributed by atoms with Crippen molar-refractivity contribution in [1.29, 1.82) is 0 Å². The molecule has 0 aliphatic rings. The predicted molar refractivity (Wildman–Crippen MR) is 73.8 cm³/mol. The molecule has 1 rings (SSSR count). The summed E-state index contributed by atoms with van der Waals surface area (Å²) in [5.74, 6) is 5.65. The zero-order chi connectivity index (χ0) is 13.4. The zero-order valence-corrected chi connectivity index (χ0v) is 11.5. The number of aliphatic hydroxyl groups excluding tert-OH is 1. The summed E-state index contributed by atoms with van der Waals surface area (Å²) < 4.78 is 0. The maximum absolute atomic E-state index is 11.9. The second-order valence-electron chi connectivity index (χ2n) is 4.00. The van der Waals surface area contributed by atoms with Gasteiger partial charge in [-0.3, -0.25) is 4.79 Å². The summed E-state index contributed by atoms with van der Waals surface area (Å²) in [6.45, 7) is 1.47. The van der Waals surface area contributed by atoms with Gasteiger partial charge in [-0.05, 0) is 25.5 Å². The Hall–Kier alpha value is -1.35. The van der Waals surface area contributed by atoms with E-state index in [4.69, 9.17) is 5.11 Å². The Labute approximate surface area is 112 Å². The number of thiophene rings is 1. The molecule has 4 nitrogen and oxygen atoms in total. The summed E-state index contributed by atoms with van der Waals surface area (Å²) >= 11 is 1.38. The predicted octanol–water partition coefficient (Wildman–Crippen LogP) is 0.773. The average molecular weight is 266 g/mol. The molecular formula is C13H18N2O2S. The van der Waals surface area contributed by atoms with Gasteiger partial charge < -0.3 is 15.3 Å². The van der Waals surface area contributed by atoms with Gasteiger partial charge in [0.2, 0.25) is 0 Å². The van der Waals surface area contributed by atoms with Crippen LogP contribution in [0, 0.1) is 11.8 Å². The Morgan fingerprint density at radius 1 is 1.56 bits per heavy atom. The second-order valence-corrected chi connectivity index (χ2v) is 4.91. The van der Waals surface area contributed by atoms with Crippen molar-refractivity contribution < 1.29 is 9.90 Å². The molecular weight excluding hydrogens is 248 g/mol. The van der Waals surface area contributed by atoms with Crippen molar-refractivity contribution in [3.63, 3.8) is 0 Å². The first kappa shape index (κ1) is 14.7. The lowest BCUT2D eigenvalue weighted by atomic mass is 10.2. The Balaban J connectivity index is 2.58. The van der Waals surface area contributed by atoms with E-state index in [2.05, 4.69) is 17.2 Å². The number of aliphatic hydroxyl groups is 1.